The van der Waals surface area contributed by atoms with Gasteiger partial charge in [-0.2, -0.15) is 9.35 Å². The van der Waals surface area contributed by atoms with E-state index in [9.17, 15) is 9.00 Å². The zero-order valence-electron chi connectivity index (χ0n) is 23.9. The van der Waals surface area contributed by atoms with Crippen LogP contribution in [0.3, 0.4) is 0 Å². The molecule has 1 unspecified atom stereocenters. The third-order valence-electron chi connectivity index (χ3n) is 6.96. The van der Waals surface area contributed by atoms with Crippen LogP contribution in [0.1, 0.15) is 6.92 Å². The van der Waals surface area contributed by atoms with E-state index in [1.807, 2.05) is 18.2 Å². The zero-order valence-corrected chi connectivity index (χ0v) is 24.8. The van der Waals surface area contributed by atoms with Crippen LogP contribution in [-0.2, 0) is 16.3 Å². The number of methoxy groups -OCH3 is 1. The van der Waals surface area contributed by atoms with Gasteiger partial charge in [-0.1, -0.05) is 12.1 Å². The van der Waals surface area contributed by atoms with Crippen molar-refractivity contribution in [1.82, 2.24) is 29.2 Å². The molecule has 1 aromatic carbocycles. The number of benzene rings is 1. The van der Waals surface area contributed by atoms with Crippen molar-refractivity contribution < 1.29 is 8.95 Å². The topological polar surface area (TPSA) is 123 Å². The van der Waals surface area contributed by atoms with E-state index in [2.05, 4.69) is 50.0 Å². The second-order valence-corrected chi connectivity index (χ2v) is 12.9. The van der Waals surface area contributed by atoms with Crippen molar-refractivity contribution in [3.05, 3.63) is 65.6 Å². The van der Waals surface area contributed by atoms with Crippen LogP contribution in [0, 0.1) is 0 Å². The number of anilines is 3. The molecule has 12 nitrogen and oxygen atoms in total. The van der Waals surface area contributed by atoms with Crippen LogP contribution < -0.4 is 20.5 Å². The summed E-state index contributed by atoms with van der Waals surface area (Å²) in [5.41, 5.74) is 1.86. The van der Waals surface area contributed by atoms with Gasteiger partial charge in [-0.15, -0.1) is 6.58 Å². The van der Waals surface area contributed by atoms with Crippen LogP contribution in [0.2, 0.25) is 0 Å². The number of fused-ring (bicyclic) bond motifs is 1. The summed E-state index contributed by atoms with van der Waals surface area (Å²) in [6, 6.07) is 11.5. The SMILES string of the molecule is C=CCn1c(=O)c2cnc(Nc3ccc(N4CCN(C)C(C)C4)c(OC)c3)nc2n1-c1cccc(N=S(C)(C)=O)n1. The molecule has 4 aromatic rings. The van der Waals surface area contributed by atoms with Gasteiger partial charge in [0.05, 0.1) is 19.3 Å². The molecule has 1 fully saturated rings. The average Bonchev–Trinajstić information content (AvgIpc) is 3.20. The normalized spacial score (nSPS) is 16.1. The van der Waals surface area contributed by atoms with Gasteiger partial charge in [-0.25, -0.2) is 23.5 Å². The highest BCUT2D eigenvalue weighted by Crippen LogP contribution is 2.33. The van der Waals surface area contributed by atoms with Crippen LogP contribution in [0.4, 0.5) is 23.1 Å². The molecular formula is C28H35N9O3S. The van der Waals surface area contributed by atoms with Crippen LogP contribution in [0.5, 0.6) is 5.75 Å². The Balaban J connectivity index is 1.53. The Bertz CT molecular complexity index is 1780. The molecule has 1 N–H and O–H groups in total. The number of ether oxygens (including phenoxy) is 1. The number of allylic oxidation sites excluding steroid dienone is 1. The minimum atomic E-state index is -2.43. The standard InChI is InChI=1S/C28H35N9O3S/c1-7-13-36-27(38)21-17-29-28(32-26(21)37(36)25-10-8-9-24(31-25)33-41(5,6)39)30-20-11-12-22(23(16-20)40-4)35-15-14-34(3)19(2)18-35/h7-12,16-17,19H,1,13-15,18H2,2-6H3,(H,29,30,32). The number of pyridine rings is 1. The van der Waals surface area contributed by atoms with Crippen molar-refractivity contribution in [3.8, 4) is 11.6 Å². The monoisotopic (exact) mass is 577 g/mol. The number of likely N-dealkylation sites (N-methyl/N-ethyl adjacent to an activating group) is 1. The Kier molecular flexibility index (Phi) is 7.82. The highest BCUT2D eigenvalue weighted by molar-refractivity contribution is 7.92. The van der Waals surface area contributed by atoms with Gasteiger partial charge in [0.15, 0.2) is 17.3 Å². The molecule has 0 saturated carbocycles. The minimum absolute atomic E-state index is 0.225. The Morgan fingerprint density at radius 3 is 2.73 bits per heavy atom. The average molecular weight is 578 g/mol. The first-order valence-electron chi connectivity index (χ1n) is 13.2. The third-order valence-corrected chi connectivity index (χ3v) is 7.59. The smallest absolute Gasteiger partial charge is 0.278 e. The summed E-state index contributed by atoms with van der Waals surface area (Å²) in [5.74, 6) is 1.75. The largest absolute Gasteiger partial charge is 0.495 e. The fourth-order valence-electron chi connectivity index (χ4n) is 4.83. The maximum Gasteiger partial charge on any atom is 0.278 e. The van der Waals surface area contributed by atoms with Crippen molar-refractivity contribution >= 4 is 43.9 Å². The highest BCUT2D eigenvalue weighted by atomic mass is 32.2. The van der Waals surface area contributed by atoms with Crippen LogP contribution in [0.25, 0.3) is 16.9 Å². The van der Waals surface area contributed by atoms with Gasteiger partial charge in [-0.05, 0) is 38.2 Å². The van der Waals surface area contributed by atoms with Crippen molar-refractivity contribution in [2.75, 3.05) is 56.5 Å². The van der Waals surface area contributed by atoms with Crippen LogP contribution in [-0.4, -0.2) is 85.8 Å². The lowest BCUT2D eigenvalue weighted by Gasteiger charge is -2.39. The molecule has 0 radical (unpaired) electrons. The summed E-state index contributed by atoms with van der Waals surface area (Å²) in [4.78, 5) is 31.6. The van der Waals surface area contributed by atoms with E-state index in [4.69, 9.17) is 9.72 Å². The molecule has 4 heterocycles. The molecule has 0 aliphatic carbocycles. The number of hydrogen-bond donors (Lipinski definition) is 1. The summed E-state index contributed by atoms with van der Waals surface area (Å²) >= 11 is 0. The number of nitrogens with one attached hydrogen (secondary N) is 1. The molecule has 5 rings (SSSR count). The maximum atomic E-state index is 13.3. The fourth-order valence-corrected chi connectivity index (χ4v) is 5.38. The summed E-state index contributed by atoms with van der Waals surface area (Å²) < 4.78 is 25.3. The van der Waals surface area contributed by atoms with E-state index in [0.717, 1.165) is 36.8 Å². The van der Waals surface area contributed by atoms with Crippen LogP contribution in [0.15, 0.2) is 64.4 Å². The quantitative estimate of drug-likeness (QED) is 0.314. The third kappa shape index (κ3) is 5.95. The zero-order chi connectivity index (χ0) is 29.3. The Morgan fingerprint density at radius 1 is 1.22 bits per heavy atom. The predicted octanol–water partition coefficient (Wildman–Crippen LogP) is 3.41. The van der Waals surface area contributed by atoms with Crippen molar-refractivity contribution in [2.24, 2.45) is 4.36 Å². The van der Waals surface area contributed by atoms with Gasteiger partial charge < -0.3 is 19.9 Å². The number of hydrogen-bond acceptors (Lipinski definition) is 10. The lowest BCUT2D eigenvalue weighted by atomic mass is 10.1. The number of aromatic nitrogens is 5. The first kappa shape index (κ1) is 28.3. The molecule has 0 bridgehead atoms. The Labute approximate surface area is 239 Å². The fraction of sp³-hybridized carbons (Fsp3) is 0.357. The Morgan fingerprint density at radius 2 is 2.02 bits per heavy atom. The molecule has 1 saturated heterocycles. The second kappa shape index (κ2) is 11.3. The Hall–Kier alpha value is -4.23. The first-order chi connectivity index (χ1) is 19.6. The lowest BCUT2D eigenvalue weighted by Crippen LogP contribution is -2.50. The van der Waals surface area contributed by atoms with Gasteiger partial charge in [-0.3, -0.25) is 4.79 Å². The van der Waals surface area contributed by atoms with E-state index in [-0.39, 0.29) is 12.1 Å². The number of rotatable bonds is 8. The highest BCUT2D eigenvalue weighted by Gasteiger charge is 2.23. The summed E-state index contributed by atoms with van der Waals surface area (Å²) in [6.45, 7) is 9.04. The number of nitrogens with zero attached hydrogens (tertiary/aromatic N) is 8. The molecule has 1 aliphatic heterocycles. The molecule has 1 atom stereocenters. The molecule has 216 valence electrons. The van der Waals surface area contributed by atoms with Gasteiger partial charge >= 0.3 is 0 Å². The van der Waals surface area contributed by atoms with E-state index >= 15 is 0 Å². The molecule has 0 spiro atoms. The molecule has 13 heteroatoms. The predicted molar refractivity (Wildman–Crippen MR) is 164 cm³/mol. The van der Waals surface area contributed by atoms with Gasteiger partial charge in [0, 0.05) is 65.9 Å². The second-order valence-electron chi connectivity index (χ2n) is 10.3. The summed E-state index contributed by atoms with van der Waals surface area (Å²) in [6.07, 6.45) is 6.20. The maximum absolute atomic E-state index is 13.3. The van der Waals surface area contributed by atoms with Gasteiger partial charge in [0.2, 0.25) is 5.95 Å². The molecule has 41 heavy (non-hydrogen) atoms. The summed E-state index contributed by atoms with van der Waals surface area (Å²) in [7, 11) is 1.38. The van der Waals surface area contributed by atoms with E-state index < -0.39 is 9.73 Å². The van der Waals surface area contributed by atoms with Crippen molar-refractivity contribution in [2.45, 2.75) is 19.5 Å². The molecule has 1 aliphatic rings. The van der Waals surface area contributed by atoms with Crippen LogP contribution >= 0.6 is 0 Å². The molecule has 0 amide bonds. The number of piperazine rings is 1. The van der Waals surface area contributed by atoms with Gasteiger partial charge in [0.1, 0.15) is 11.1 Å². The van der Waals surface area contributed by atoms with Gasteiger partial charge in [0.25, 0.3) is 5.56 Å². The van der Waals surface area contributed by atoms with E-state index in [1.54, 1.807) is 48.6 Å². The lowest BCUT2D eigenvalue weighted by molar-refractivity contribution is 0.233. The molecular weight excluding hydrogens is 542 g/mol. The van der Waals surface area contributed by atoms with E-state index in [1.165, 1.54) is 10.9 Å². The van der Waals surface area contributed by atoms with Crippen molar-refractivity contribution in [1.29, 1.82) is 0 Å². The van der Waals surface area contributed by atoms with E-state index in [0.29, 0.717) is 34.7 Å². The minimum Gasteiger partial charge on any atom is -0.495 e. The van der Waals surface area contributed by atoms with Crippen molar-refractivity contribution in [3.63, 3.8) is 0 Å². The summed E-state index contributed by atoms with van der Waals surface area (Å²) in [5, 5.41) is 3.58. The first-order valence-corrected chi connectivity index (χ1v) is 15.6. The molecule has 3 aromatic heterocycles.